The first kappa shape index (κ1) is 25.5. The van der Waals surface area contributed by atoms with Crippen LogP contribution in [0.1, 0.15) is 142 Å². The Morgan fingerprint density at radius 2 is 1.14 bits per heavy atom. The zero-order valence-corrected chi connectivity index (χ0v) is 19.3. The third kappa shape index (κ3) is 13.6. The minimum atomic E-state index is 0.0985. The number of carbonyl (C=O) groups excluding carboxylic acids is 1. The van der Waals surface area contributed by atoms with Crippen LogP contribution in [0, 0.1) is 11.8 Å². The lowest BCUT2D eigenvalue weighted by Crippen LogP contribution is -2.19. The molecule has 1 aliphatic carbocycles. The quantitative estimate of drug-likeness (QED) is 0.162. The lowest BCUT2D eigenvalue weighted by atomic mass is 9.94. The Morgan fingerprint density at radius 3 is 1.61 bits per heavy atom. The first-order valence-corrected chi connectivity index (χ1v) is 12.9. The molecule has 1 atom stereocenters. The van der Waals surface area contributed by atoms with Gasteiger partial charge in [-0.15, -0.1) is 0 Å². The summed E-state index contributed by atoms with van der Waals surface area (Å²) < 4.78 is 5.77. The van der Waals surface area contributed by atoms with Gasteiger partial charge in [0, 0.05) is 0 Å². The summed E-state index contributed by atoms with van der Waals surface area (Å²) >= 11 is 0. The molecule has 0 aliphatic heterocycles. The van der Waals surface area contributed by atoms with Crippen LogP contribution in [0.15, 0.2) is 0 Å². The summed E-state index contributed by atoms with van der Waals surface area (Å²) in [4.78, 5) is 12.3. The van der Waals surface area contributed by atoms with Crippen molar-refractivity contribution in [2.45, 2.75) is 142 Å². The zero-order chi connectivity index (χ0) is 20.3. The highest BCUT2D eigenvalue weighted by molar-refractivity contribution is 5.72. The van der Waals surface area contributed by atoms with E-state index < -0.39 is 0 Å². The maximum atomic E-state index is 12.3. The molecule has 0 aromatic rings. The van der Waals surface area contributed by atoms with Crippen LogP contribution in [0.4, 0.5) is 0 Å². The zero-order valence-electron chi connectivity index (χ0n) is 19.3. The molecule has 0 saturated heterocycles. The van der Waals surface area contributed by atoms with Crippen LogP contribution < -0.4 is 0 Å². The van der Waals surface area contributed by atoms with Crippen molar-refractivity contribution >= 4 is 5.97 Å². The van der Waals surface area contributed by atoms with Crippen molar-refractivity contribution in [1.82, 2.24) is 0 Å². The average molecular weight is 395 g/mol. The van der Waals surface area contributed by atoms with E-state index in [0.29, 0.717) is 12.5 Å². The van der Waals surface area contributed by atoms with E-state index >= 15 is 0 Å². The number of unbranched alkanes of at least 4 members (excludes halogenated alkanes) is 12. The van der Waals surface area contributed by atoms with Gasteiger partial charge in [0.05, 0.1) is 12.5 Å². The molecule has 1 aliphatic rings. The average Bonchev–Trinajstić information content (AvgIpc) is 3.24. The van der Waals surface area contributed by atoms with Crippen molar-refractivity contribution in [3.8, 4) is 0 Å². The van der Waals surface area contributed by atoms with Gasteiger partial charge in [0.15, 0.2) is 0 Å². The van der Waals surface area contributed by atoms with Gasteiger partial charge < -0.3 is 4.74 Å². The van der Waals surface area contributed by atoms with Crippen LogP contribution >= 0.6 is 0 Å². The number of carbonyl (C=O) groups is 1. The molecule has 0 bridgehead atoms. The molecule has 1 unspecified atom stereocenters. The Kier molecular flexibility index (Phi) is 16.8. The maximum Gasteiger partial charge on any atom is 0.308 e. The predicted octanol–water partition coefficient (Wildman–Crippen LogP) is 8.62. The van der Waals surface area contributed by atoms with Crippen molar-refractivity contribution < 1.29 is 9.53 Å². The molecule has 0 aromatic heterocycles. The highest BCUT2D eigenvalue weighted by Crippen LogP contribution is 2.27. The van der Waals surface area contributed by atoms with Gasteiger partial charge in [-0.3, -0.25) is 4.79 Å². The highest BCUT2D eigenvalue weighted by atomic mass is 16.5. The molecule has 2 heteroatoms. The van der Waals surface area contributed by atoms with Gasteiger partial charge in [-0.2, -0.15) is 0 Å². The van der Waals surface area contributed by atoms with Gasteiger partial charge in [-0.05, 0) is 31.6 Å². The standard InChI is InChI=1S/C26H50O2/c1-3-5-7-9-11-12-14-16-20-24(19-15-13-10-8-6-4-2)23-28-26(27)25-21-17-18-22-25/h24-25H,3-23H2,1-2H3. The SMILES string of the molecule is CCCCCCCCCCC(CCCCCCCC)COC(=O)C1CCCC1. The van der Waals surface area contributed by atoms with E-state index in [-0.39, 0.29) is 11.9 Å². The molecule has 28 heavy (non-hydrogen) atoms. The van der Waals surface area contributed by atoms with Crippen molar-refractivity contribution in [3.05, 3.63) is 0 Å². The van der Waals surface area contributed by atoms with Crippen LogP contribution in [-0.2, 0) is 9.53 Å². The minimum absolute atomic E-state index is 0.0985. The molecule has 2 nitrogen and oxygen atoms in total. The molecule has 1 fully saturated rings. The second-order valence-corrected chi connectivity index (χ2v) is 9.30. The fourth-order valence-electron chi connectivity index (χ4n) is 4.57. The van der Waals surface area contributed by atoms with Crippen LogP contribution in [0.25, 0.3) is 0 Å². The molecule has 166 valence electrons. The van der Waals surface area contributed by atoms with E-state index in [1.54, 1.807) is 0 Å². The normalized spacial score (nSPS) is 15.8. The summed E-state index contributed by atoms with van der Waals surface area (Å²) in [7, 11) is 0. The van der Waals surface area contributed by atoms with E-state index in [1.807, 2.05) is 0 Å². The van der Waals surface area contributed by atoms with Crippen LogP contribution in [0.5, 0.6) is 0 Å². The predicted molar refractivity (Wildman–Crippen MR) is 122 cm³/mol. The fourth-order valence-corrected chi connectivity index (χ4v) is 4.57. The maximum absolute atomic E-state index is 12.3. The minimum Gasteiger partial charge on any atom is -0.465 e. The van der Waals surface area contributed by atoms with Crippen molar-refractivity contribution in [3.63, 3.8) is 0 Å². The topological polar surface area (TPSA) is 26.3 Å². The Hall–Kier alpha value is -0.530. The summed E-state index contributed by atoms with van der Waals surface area (Å²) in [6, 6.07) is 0. The second kappa shape index (κ2) is 18.5. The largest absolute Gasteiger partial charge is 0.465 e. The molecule has 0 aromatic carbocycles. The Labute approximate surface area is 176 Å². The van der Waals surface area contributed by atoms with Gasteiger partial charge in [-0.25, -0.2) is 0 Å². The Morgan fingerprint density at radius 1 is 0.714 bits per heavy atom. The summed E-state index contributed by atoms with van der Waals surface area (Å²) in [6.45, 7) is 5.24. The van der Waals surface area contributed by atoms with Crippen LogP contribution in [0.3, 0.4) is 0 Å². The molecule has 0 heterocycles. The summed E-state index contributed by atoms with van der Waals surface area (Å²) in [5.74, 6) is 0.899. The molecule has 0 radical (unpaired) electrons. The van der Waals surface area contributed by atoms with Gasteiger partial charge in [0.2, 0.25) is 0 Å². The van der Waals surface area contributed by atoms with Crippen LogP contribution in [0.2, 0.25) is 0 Å². The number of hydrogen-bond acceptors (Lipinski definition) is 2. The van der Waals surface area contributed by atoms with E-state index in [1.165, 1.54) is 116 Å². The van der Waals surface area contributed by atoms with Crippen molar-refractivity contribution in [2.75, 3.05) is 6.61 Å². The lowest BCUT2D eigenvalue weighted by Gasteiger charge is -2.18. The second-order valence-electron chi connectivity index (χ2n) is 9.30. The van der Waals surface area contributed by atoms with E-state index in [0.717, 1.165) is 12.8 Å². The number of ether oxygens (including phenoxy) is 1. The first-order chi connectivity index (χ1) is 13.8. The monoisotopic (exact) mass is 394 g/mol. The smallest absolute Gasteiger partial charge is 0.308 e. The lowest BCUT2D eigenvalue weighted by molar-refractivity contribution is -0.149. The molecule has 1 saturated carbocycles. The third-order valence-corrected chi connectivity index (χ3v) is 6.58. The van der Waals surface area contributed by atoms with E-state index in [4.69, 9.17) is 4.74 Å². The van der Waals surface area contributed by atoms with Crippen molar-refractivity contribution in [1.29, 1.82) is 0 Å². The Bertz CT molecular complexity index is 346. The van der Waals surface area contributed by atoms with Crippen molar-refractivity contribution in [2.24, 2.45) is 11.8 Å². The van der Waals surface area contributed by atoms with E-state index in [2.05, 4.69) is 13.8 Å². The highest BCUT2D eigenvalue weighted by Gasteiger charge is 2.24. The molecular formula is C26H50O2. The van der Waals surface area contributed by atoms with Gasteiger partial charge in [0.1, 0.15) is 0 Å². The Balaban J connectivity index is 2.18. The molecule has 0 N–H and O–H groups in total. The summed E-state index contributed by atoms with van der Waals surface area (Å²) in [5.41, 5.74) is 0. The molecule has 1 rings (SSSR count). The van der Waals surface area contributed by atoms with Gasteiger partial charge in [0.25, 0.3) is 0 Å². The summed E-state index contributed by atoms with van der Waals surface area (Å²) in [5, 5.41) is 0. The van der Waals surface area contributed by atoms with E-state index in [9.17, 15) is 4.79 Å². The number of hydrogen-bond donors (Lipinski definition) is 0. The first-order valence-electron chi connectivity index (χ1n) is 12.9. The van der Waals surface area contributed by atoms with Gasteiger partial charge in [-0.1, -0.05) is 117 Å². The molecule has 0 spiro atoms. The molecule has 0 amide bonds. The van der Waals surface area contributed by atoms with Crippen LogP contribution in [-0.4, -0.2) is 12.6 Å². The molecular weight excluding hydrogens is 344 g/mol. The summed E-state index contributed by atoms with van der Waals surface area (Å²) in [6.07, 6.45) is 26.2. The number of esters is 1. The number of rotatable bonds is 19. The van der Waals surface area contributed by atoms with Gasteiger partial charge >= 0.3 is 5.97 Å². The third-order valence-electron chi connectivity index (χ3n) is 6.58. The fraction of sp³-hybridized carbons (Fsp3) is 0.962.